The van der Waals surface area contributed by atoms with Crippen LogP contribution in [-0.2, 0) is 35.1 Å². The van der Waals surface area contributed by atoms with Crippen molar-refractivity contribution in [1.29, 1.82) is 0 Å². The van der Waals surface area contributed by atoms with Crippen molar-refractivity contribution in [3.05, 3.63) is 87.4 Å². The number of carbonyl (C=O) groups is 2. The number of carbonyl (C=O) groups excluding carboxylic acids is 2. The summed E-state index contributed by atoms with van der Waals surface area (Å²) in [5.41, 5.74) is 3.37. The zero-order valence-electron chi connectivity index (χ0n) is 27.7. The first-order valence-corrected chi connectivity index (χ1v) is 16.2. The summed E-state index contributed by atoms with van der Waals surface area (Å²) in [6, 6.07) is 8.65. The van der Waals surface area contributed by atoms with E-state index in [-0.39, 0.29) is 18.0 Å². The lowest BCUT2D eigenvalue weighted by molar-refractivity contribution is -0.137. The molecule has 6 rings (SSSR count). The van der Waals surface area contributed by atoms with Gasteiger partial charge in [0.1, 0.15) is 17.7 Å². The number of anilines is 2. The number of nitrogens with one attached hydrogen (secondary N) is 1. The fourth-order valence-electron chi connectivity index (χ4n) is 5.92. The molecule has 1 fully saturated rings. The minimum Gasteiger partial charge on any atom is -0.388 e. The first kappa shape index (κ1) is 35.3. The van der Waals surface area contributed by atoms with E-state index in [4.69, 9.17) is 4.74 Å². The van der Waals surface area contributed by atoms with Gasteiger partial charge >= 0.3 is 6.18 Å². The Morgan fingerprint density at radius 1 is 1.06 bits per heavy atom. The highest BCUT2D eigenvalue weighted by Gasteiger charge is 2.31. The average molecular weight is 681 g/mol. The summed E-state index contributed by atoms with van der Waals surface area (Å²) < 4.78 is 44.5. The summed E-state index contributed by atoms with van der Waals surface area (Å²) in [6.45, 7) is 6.98. The number of rotatable bonds is 8. The molecule has 2 aliphatic heterocycles. The van der Waals surface area contributed by atoms with E-state index in [0.29, 0.717) is 80.9 Å². The second-order valence-corrected chi connectivity index (χ2v) is 11.4. The highest BCUT2D eigenvalue weighted by atomic mass is 19.4. The monoisotopic (exact) mass is 680 g/mol. The van der Waals surface area contributed by atoms with Crippen molar-refractivity contribution < 1.29 is 27.5 Å². The maximum atomic E-state index is 13.8. The molecule has 0 atom stereocenters. The zero-order valence-corrected chi connectivity index (χ0v) is 27.7. The molecule has 0 spiro atoms. The fraction of sp³-hybridized carbons (Fsp3) is 0.412. The highest BCUT2D eigenvalue weighted by molar-refractivity contribution is 5.94. The molecule has 0 aliphatic carbocycles. The number of hydrogen-bond acceptors (Lipinski definition) is 9. The Bertz CT molecular complexity index is 1880. The molecule has 15 heteroatoms. The van der Waals surface area contributed by atoms with Crippen molar-refractivity contribution in [3.63, 3.8) is 0 Å². The van der Waals surface area contributed by atoms with Gasteiger partial charge < -0.3 is 29.2 Å². The molecule has 1 N–H and O–H groups in total. The third-order valence-electron chi connectivity index (χ3n) is 8.53. The van der Waals surface area contributed by atoms with Crippen molar-refractivity contribution in [2.24, 2.45) is 0 Å². The molecule has 260 valence electrons. The van der Waals surface area contributed by atoms with Gasteiger partial charge in [-0.3, -0.25) is 14.6 Å². The molecular formula is C34H39F3N8O4. The molecule has 5 heterocycles. The summed E-state index contributed by atoms with van der Waals surface area (Å²) in [7, 11) is 1.66. The predicted octanol–water partition coefficient (Wildman–Crippen LogP) is 4.12. The number of amides is 1. The topological polar surface area (TPSA) is 127 Å². The van der Waals surface area contributed by atoms with Crippen LogP contribution >= 0.6 is 0 Å². The second-order valence-electron chi connectivity index (χ2n) is 11.4. The fourth-order valence-corrected chi connectivity index (χ4v) is 5.92. The SMILES string of the molecule is CCc1cccnc1C(=O)N1CCN(c2c(CC)n(CC=O)c3nc(C4=CCOCC4)nn3c2=O)CC1.CNc1ccc(C(F)(F)F)cc1. The van der Waals surface area contributed by atoms with Gasteiger partial charge in [-0.1, -0.05) is 26.0 Å². The van der Waals surface area contributed by atoms with Crippen LogP contribution in [0.4, 0.5) is 24.5 Å². The van der Waals surface area contributed by atoms with E-state index in [1.54, 1.807) is 22.7 Å². The van der Waals surface area contributed by atoms with E-state index in [1.165, 1.54) is 16.6 Å². The van der Waals surface area contributed by atoms with Gasteiger partial charge in [0.2, 0.25) is 5.78 Å². The van der Waals surface area contributed by atoms with Crippen molar-refractivity contribution >= 4 is 34.9 Å². The Morgan fingerprint density at radius 3 is 2.39 bits per heavy atom. The van der Waals surface area contributed by atoms with Gasteiger partial charge in [0.15, 0.2) is 5.82 Å². The first-order chi connectivity index (χ1) is 23.6. The number of benzene rings is 1. The molecule has 0 unspecified atom stereocenters. The van der Waals surface area contributed by atoms with Crippen molar-refractivity contribution in [2.45, 2.75) is 45.8 Å². The van der Waals surface area contributed by atoms with Crippen LogP contribution < -0.4 is 15.8 Å². The van der Waals surface area contributed by atoms with Gasteiger partial charge in [-0.15, -0.1) is 5.10 Å². The smallest absolute Gasteiger partial charge is 0.388 e. The maximum Gasteiger partial charge on any atom is 0.416 e. The number of aryl methyl sites for hydroxylation is 1. The van der Waals surface area contributed by atoms with E-state index in [0.717, 1.165) is 41.7 Å². The van der Waals surface area contributed by atoms with Gasteiger partial charge in [0.25, 0.3) is 11.5 Å². The van der Waals surface area contributed by atoms with Crippen molar-refractivity contribution in [2.75, 3.05) is 56.7 Å². The van der Waals surface area contributed by atoms with Crippen LogP contribution in [0.5, 0.6) is 0 Å². The van der Waals surface area contributed by atoms with E-state index < -0.39 is 11.7 Å². The summed E-state index contributed by atoms with van der Waals surface area (Å²) in [4.78, 5) is 51.3. The third kappa shape index (κ3) is 7.66. The Kier molecular flexibility index (Phi) is 11.1. The molecule has 1 saturated heterocycles. The number of piperazine rings is 1. The van der Waals surface area contributed by atoms with Gasteiger partial charge in [-0.2, -0.15) is 22.7 Å². The van der Waals surface area contributed by atoms with E-state index >= 15 is 0 Å². The Hall–Kier alpha value is -5.05. The van der Waals surface area contributed by atoms with Crippen LogP contribution in [0.2, 0.25) is 0 Å². The normalized spacial score (nSPS) is 15.0. The summed E-state index contributed by atoms with van der Waals surface area (Å²) >= 11 is 0. The summed E-state index contributed by atoms with van der Waals surface area (Å²) in [5.74, 6) is 0.750. The highest BCUT2D eigenvalue weighted by Crippen LogP contribution is 2.29. The molecule has 0 radical (unpaired) electrons. The summed E-state index contributed by atoms with van der Waals surface area (Å²) in [5, 5.41) is 7.28. The molecule has 4 aromatic rings. The van der Waals surface area contributed by atoms with Crippen LogP contribution in [0.3, 0.4) is 0 Å². The van der Waals surface area contributed by atoms with Crippen LogP contribution in [0.15, 0.2) is 53.5 Å². The lowest BCUT2D eigenvalue weighted by atomic mass is 10.1. The molecular weight excluding hydrogens is 641 g/mol. The van der Waals surface area contributed by atoms with Crippen molar-refractivity contribution in [3.8, 4) is 0 Å². The quantitative estimate of drug-likeness (QED) is 0.274. The Labute approximate surface area is 281 Å². The van der Waals surface area contributed by atoms with Crippen LogP contribution in [-0.4, -0.2) is 87.7 Å². The van der Waals surface area contributed by atoms with E-state index in [9.17, 15) is 27.6 Å². The first-order valence-electron chi connectivity index (χ1n) is 16.2. The molecule has 0 bridgehead atoms. The number of nitrogens with zero attached hydrogens (tertiary/aromatic N) is 7. The number of pyridine rings is 1. The minimum atomic E-state index is -4.24. The number of halogens is 3. The minimum absolute atomic E-state index is 0.0676. The summed E-state index contributed by atoms with van der Waals surface area (Å²) in [6.07, 6.45) is 2.07. The molecule has 49 heavy (non-hydrogen) atoms. The molecule has 1 amide bonds. The number of fused-ring (bicyclic) bond motifs is 1. The largest absolute Gasteiger partial charge is 0.416 e. The molecule has 3 aromatic heterocycles. The van der Waals surface area contributed by atoms with Crippen LogP contribution in [0, 0.1) is 0 Å². The van der Waals surface area contributed by atoms with E-state index in [1.807, 2.05) is 37.0 Å². The molecule has 12 nitrogen and oxygen atoms in total. The molecule has 2 aliphatic rings. The lowest BCUT2D eigenvalue weighted by Gasteiger charge is -2.36. The van der Waals surface area contributed by atoms with Gasteiger partial charge in [-0.05, 0) is 60.7 Å². The van der Waals surface area contributed by atoms with Crippen molar-refractivity contribution in [1.82, 2.24) is 29.0 Å². The number of alkyl halides is 3. The number of hydrogen-bond donors (Lipinski definition) is 1. The standard InChI is InChI=1S/C26H31N7O4.C8H8F3N/c1-3-18-6-5-9-27-21(18)24(35)31-12-10-30(11-13-31)22-20(4-2)32(14-15-34)26-28-23(29-33(26)25(22)36)19-7-16-37-17-8-19;1-12-7-4-2-6(3-5-7)8(9,10)11/h5-7,9,15H,3-4,8,10-14,16-17H2,1-2H3;2-5,12H,1H3. The van der Waals surface area contributed by atoms with Crippen LogP contribution in [0.25, 0.3) is 11.4 Å². The third-order valence-corrected chi connectivity index (χ3v) is 8.53. The van der Waals surface area contributed by atoms with Gasteiger partial charge in [-0.25, -0.2) is 0 Å². The molecule has 0 saturated carbocycles. The van der Waals surface area contributed by atoms with Gasteiger partial charge in [0.05, 0.1) is 31.0 Å². The average Bonchev–Trinajstić information content (AvgIpc) is 3.59. The number of aromatic nitrogens is 5. The van der Waals surface area contributed by atoms with Gasteiger partial charge in [0, 0.05) is 45.1 Å². The lowest BCUT2D eigenvalue weighted by Crippen LogP contribution is -2.51. The maximum absolute atomic E-state index is 13.8. The van der Waals surface area contributed by atoms with E-state index in [2.05, 4.69) is 20.4 Å². The van der Waals surface area contributed by atoms with Crippen LogP contribution in [0.1, 0.15) is 53.4 Å². The number of ether oxygens (including phenoxy) is 1. The Balaban J connectivity index is 0.000000330. The number of aldehydes is 1. The zero-order chi connectivity index (χ0) is 35.1. The Morgan fingerprint density at radius 2 is 1.80 bits per heavy atom. The predicted molar refractivity (Wildman–Crippen MR) is 179 cm³/mol. The second kappa shape index (κ2) is 15.4. The molecule has 1 aromatic carbocycles.